The molecule has 0 radical (unpaired) electrons. The van der Waals surface area contributed by atoms with Gasteiger partial charge in [-0.15, -0.1) is 0 Å². The van der Waals surface area contributed by atoms with E-state index in [-0.39, 0.29) is 11.4 Å². The van der Waals surface area contributed by atoms with Crippen molar-refractivity contribution in [1.29, 1.82) is 0 Å². The standard InChI is InChI=1S/C19H32N2O2/c1-15(2)13-19(4,14-20)21-18(22)10-5-6-11-23-17-9-7-8-16(3)12-17/h7-9,12,15H,5-6,10-11,13-14,20H2,1-4H3,(H,21,22). The third-order valence-corrected chi connectivity index (χ3v) is 3.81. The number of carbonyl (C=O) groups is 1. The SMILES string of the molecule is Cc1cccc(OCCCCC(=O)NC(C)(CN)CC(C)C)c1. The zero-order valence-corrected chi connectivity index (χ0v) is 15.0. The van der Waals surface area contributed by atoms with Gasteiger partial charge in [-0.05, 0) is 56.7 Å². The molecule has 0 aromatic heterocycles. The molecule has 4 nitrogen and oxygen atoms in total. The average molecular weight is 320 g/mol. The van der Waals surface area contributed by atoms with Crippen molar-refractivity contribution >= 4 is 5.91 Å². The molecule has 0 aliphatic carbocycles. The lowest BCUT2D eigenvalue weighted by Crippen LogP contribution is -2.52. The van der Waals surface area contributed by atoms with Crippen molar-refractivity contribution in [3.8, 4) is 5.75 Å². The minimum absolute atomic E-state index is 0.0779. The predicted molar refractivity (Wildman–Crippen MR) is 95.6 cm³/mol. The van der Waals surface area contributed by atoms with Gasteiger partial charge >= 0.3 is 0 Å². The highest BCUT2D eigenvalue weighted by Gasteiger charge is 2.25. The van der Waals surface area contributed by atoms with Crippen LogP contribution >= 0.6 is 0 Å². The van der Waals surface area contributed by atoms with Gasteiger partial charge in [-0.25, -0.2) is 0 Å². The van der Waals surface area contributed by atoms with Crippen molar-refractivity contribution in [2.24, 2.45) is 11.7 Å². The van der Waals surface area contributed by atoms with Crippen LogP contribution in [-0.4, -0.2) is 24.6 Å². The van der Waals surface area contributed by atoms with Gasteiger partial charge in [0, 0.05) is 18.5 Å². The van der Waals surface area contributed by atoms with Crippen LogP contribution in [0.1, 0.15) is 52.0 Å². The highest BCUT2D eigenvalue weighted by atomic mass is 16.5. The third kappa shape index (κ3) is 8.03. The van der Waals surface area contributed by atoms with Gasteiger partial charge in [0.1, 0.15) is 5.75 Å². The Labute approximate surface area is 140 Å². The van der Waals surface area contributed by atoms with E-state index in [0.717, 1.165) is 25.0 Å². The van der Waals surface area contributed by atoms with Crippen molar-refractivity contribution in [2.45, 2.75) is 58.9 Å². The van der Waals surface area contributed by atoms with Crippen LogP contribution in [0.4, 0.5) is 0 Å². The molecule has 3 N–H and O–H groups in total. The number of amides is 1. The molecule has 1 atom stereocenters. The molecule has 0 fully saturated rings. The van der Waals surface area contributed by atoms with Crippen molar-refractivity contribution in [3.63, 3.8) is 0 Å². The summed E-state index contributed by atoms with van der Waals surface area (Å²) in [6.07, 6.45) is 3.10. The molecule has 0 heterocycles. The summed E-state index contributed by atoms with van der Waals surface area (Å²) in [6, 6.07) is 8.01. The summed E-state index contributed by atoms with van der Waals surface area (Å²) in [5.74, 6) is 1.47. The van der Waals surface area contributed by atoms with E-state index in [1.165, 1.54) is 5.56 Å². The van der Waals surface area contributed by atoms with Gasteiger partial charge in [0.15, 0.2) is 0 Å². The molecule has 0 saturated heterocycles. The Balaban J connectivity index is 2.23. The van der Waals surface area contributed by atoms with E-state index < -0.39 is 0 Å². The molecule has 0 aliphatic rings. The van der Waals surface area contributed by atoms with Gasteiger partial charge in [-0.2, -0.15) is 0 Å². The summed E-state index contributed by atoms with van der Waals surface area (Å²) in [5.41, 5.74) is 6.71. The average Bonchev–Trinajstić information content (AvgIpc) is 2.46. The molecule has 1 rings (SSSR count). The normalized spacial score (nSPS) is 13.7. The molecular weight excluding hydrogens is 288 g/mol. The number of carbonyl (C=O) groups excluding carboxylic acids is 1. The molecule has 4 heteroatoms. The number of nitrogens with one attached hydrogen (secondary N) is 1. The van der Waals surface area contributed by atoms with Crippen LogP contribution in [0.3, 0.4) is 0 Å². The van der Waals surface area contributed by atoms with Crippen LogP contribution < -0.4 is 15.8 Å². The lowest BCUT2D eigenvalue weighted by atomic mass is 9.90. The Kier molecular flexibility index (Phi) is 8.10. The molecule has 130 valence electrons. The largest absolute Gasteiger partial charge is 0.494 e. The maximum atomic E-state index is 12.1. The Bertz CT molecular complexity index is 488. The topological polar surface area (TPSA) is 64.3 Å². The van der Waals surface area contributed by atoms with E-state index >= 15 is 0 Å². The van der Waals surface area contributed by atoms with Gasteiger partial charge in [0.25, 0.3) is 0 Å². The minimum atomic E-state index is -0.302. The second-order valence-electron chi connectivity index (χ2n) is 7.03. The van der Waals surface area contributed by atoms with Crippen molar-refractivity contribution < 1.29 is 9.53 Å². The lowest BCUT2D eigenvalue weighted by molar-refractivity contribution is -0.123. The fraction of sp³-hybridized carbons (Fsp3) is 0.632. The number of unbranched alkanes of at least 4 members (excludes halogenated alkanes) is 1. The zero-order chi connectivity index (χ0) is 17.3. The number of hydrogen-bond donors (Lipinski definition) is 2. The number of hydrogen-bond acceptors (Lipinski definition) is 3. The van der Waals surface area contributed by atoms with E-state index in [9.17, 15) is 4.79 Å². The van der Waals surface area contributed by atoms with Crippen molar-refractivity contribution in [3.05, 3.63) is 29.8 Å². The summed E-state index contributed by atoms with van der Waals surface area (Å²) in [4.78, 5) is 12.1. The molecule has 23 heavy (non-hydrogen) atoms. The number of nitrogens with two attached hydrogens (primary N) is 1. The molecule has 1 amide bonds. The second-order valence-corrected chi connectivity index (χ2v) is 7.03. The molecule has 0 saturated carbocycles. The van der Waals surface area contributed by atoms with Gasteiger partial charge in [0.2, 0.25) is 5.91 Å². The predicted octanol–water partition coefficient (Wildman–Crippen LogP) is 3.42. The highest BCUT2D eigenvalue weighted by Crippen LogP contribution is 2.16. The van der Waals surface area contributed by atoms with Crippen LogP contribution in [-0.2, 0) is 4.79 Å². The van der Waals surface area contributed by atoms with Gasteiger partial charge in [-0.1, -0.05) is 26.0 Å². The Morgan fingerprint density at radius 2 is 2.09 bits per heavy atom. The number of rotatable bonds is 10. The maximum absolute atomic E-state index is 12.1. The van der Waals surface area contributed by atoms with Crippen LogP contribution in [0.25, 0.3) is 0 Å². The first-order valence-electron chi connectivity index (χ1n) is 8.55. The second kappa shape index (κ2) is 9.56. The van der Waals surface area contributed by atoms with Crippen LogP contribution in [0.5, 0.6) is 5.75 Å². The van der Waals surface area contributed by atoms with E-state index in [0.29, 0.717) is 25.5 Å². The molecule has 1 aromatic carbocycles. The zero-order valence-electron chi connectivity index (χ0n) is 15.0. The first-order valence-corrected chi connectivity index (χ1v) is 8.55. The lowest BCUT2D eigenvalue weighted by Gasteiger charge is -2.31. The summed E-state index contributed by atoms with van der Waals surface area (Å²) >= 11 is 0. The fourth-order valence-electron chi connectivity index (χ4n) is 2.77. The molecular formula is C19H32N2O2. The minimum Gasteiger partial charge on any atom is -0.494 e. The third-order valence-electron chi connectivity index (χ3n) is 3.81. The monoisotopic (exact) mass is 320 g/mol. The summed E-state index contributed by atoms with van der Waals surface area (Å²) in [7, 11) is 0. The molecule has 1 aromatic rings. The van der Waals surface area contributed by atoms with E-state index in [1.54, 1.807) is 0 Å². The van der Waals surface area contributed by atoms with Crippen LogP contribution in [0.15, 0.2) is 24.3 Å². The molecule has 0 spiro atoms. The number of ether oxygens (including phenoxy) is 1. The smallest absolute Gasteiger partial charge is 0.220 e. The first-order chi connectivity index (χ1) is 10.8. The van der Waals surface area contributed by atoms with E-state index in [2.05, 4.69) is 19.2 Å². The Morgan fingerprint density at radius 3 is 2.70 bits per heavy atom. The maximum Gasteiger partial charge on any atom is 0.220 e. The number of benzene rings is 1. The Morgan fingerprint density at radius 1 is 1.35 bits per heavy atom. The quantitative estimate of drug-likeness (QED) is 0.649. The Hall–Kier alpha value is -1.55. The van der Waals surface area contributed by atoms with E-state index in [1.807, 2.05) is 38.1 Å². The molecule has 1 unspecified atom stereocenters. The van der Waals surface area contributed by atoms with Gasteiger partial charge in [0.05, 0.1) is 6.61 Å². The van der Waals surface area contributed by atoms with Crippen LogP contribution in [0.2, 0.25) is 0 Å². The highest BCUT2D eigenvalue weighted by molar-refractivity contribution is 5.76. The summed E-state index contributed by atoms with van der Waals surface area (Å²) in [5, 5.41) is 3.09. The first kappa shape index (κ1) is 19.5. The molecule has 0 bridgehead atoms. The number of aryl methyl sites for hydroxylation is 1. The summed E-state index contributed by atoms with van der Waals surface area (Å²) in [6.45, 7) is 9.45. The van der Waals surface area contributed by atoms with E-state index in [4.69, 9.17) is 10.5 Å². The van der Waals surface area contributed by atoms with Gasteiger partial charge < -0.3 is 15.8 Å². The molecule has 0 aliphatic heterocycles. The van der Waals surface area contributed by atoms with Gasteiger partial charge in [-0.3, -0.25) is 4.79 Å². The van der Waals surface area contributed by atoms with Crippen molar-refractivity contribution in [2.75, 3.05) is 13.2 Å². The van der Waals surface area contributed by atoms with Crippen LogP contribution in [0, 0.1) is 12.8 Å². The van der Waals surface area contributed by atoms with Crippen molar-refractivity contribution in [1.82, 2.24) is 5.32 Å². The fourth-order valence-corrected chi connectivity index (χ4v) is 2.77. The summed E-state index contributed by atoms with van der Waals surface area (Å²) < 4.78 is 5.69.